The zero-order valence-corrected chi connectivity index (χ0v) is 25.5. The number of carbonyl (C=O) groups excluding carboxylic acids is 3. The van der Waals surface area contributed by atoms with Crippen molar-refractivity contribution >= 4 is 29.1 Å². The van der Waals surface area contributed by atoms with E-state index in [1.165, 1.54) is 4.90 Å². The van der Waals surface area contributed by atoms with Crippen molar-refractivity contribution in [2.75, 3.05) is 6.54 Å². The first-order valence-corrected chi connectivity index (χ1v) is 15.3. The molecular weight excluding hydrogens is 552 g/mol. The Hall–Kier alpha value is -3.76. The fraction of sp³-hybridized carbons (Fsp3) is 0.438. The molecule has 0 spiro atoms. The summed E-state index contributed by atoms with van der Waals surface area (Å²) in [7, 11) is 0. The van der Waals surface area contributed by atoms with Crippen molar-refractivity contribution < 1.29 is 24.2 Å². The van der Waals surface area contributed by atoms with Crippen LogP contribution in [0, 0.1) is 12.8 Å². The highest BCUT2D eigenvalue weighted by Gasteiger charge is 2.45. The predicted molar refractivity (Wildman–Crippen MR) is 161 cm³/mol. The van der Waals surface area contributed by atoms with E-state index in [4.69, 9.17) is 4.74 Å². The average Bonchev–Trinajstić information content (AvgIpc) is 3.64. The molecule has 2 aromatic carbocycles. The van der Waals surface area contributed by atoms with Crippen LogP contribution in [0.5, 0.6) is 5.75 Å². The highest BCUT2D eigenvalue weighted by molar-refractivity contribution is 7.13. The normalized spacial score (nSPS) is 19.0. The summed E-state index contributed by atoms with van der Waals surface area (Å²) in [6.45, 7) is 10.2. The van der Waals surface area contributed by atoms with E-state index in [2.05, 4.69) is 10.3 Å². The molecule has 3 aromatic rings. The number of likely N-dealkylation sites (tertiary alicyclic amines) is 1. The first-order valence-electron chi connectivity index (χ1n) is 14.4. The highest BCUT2D eigenvalue weighted by atomic mass is 32.1. The van der Waals surface area contributed by atoms with Crippen LogP contribution in [0.2, 0.25) is 0 Å². The molecule has 2 aliphatic heterocycles. The molecule has 3 atom stereocenters. The van der Waals surface area contributed by atoms with Gasteiger partial charge in [0.15, 0.2) is 0 Å². The van der Waals surface area contributed by atoms with Crippen LogP contribution in [0.15, 0.2) is 48.0 Å². The Morgan fingerprint density at radius 2 is 1.93 bits per heavy atom. The van der Waals surface area contributed by atoms with Crippen LogP contribution in [0.25, 0.3) is 10.4 Å². The van der Waals surface area contributed by atoms with Gasteiger partial charge in [-0.3, -0.25) is 14.4 Å². The number of aliphatic hydroxyl groups excluding tert-OH is 1. The summed E-state index contributed by atoms with van der Waals surface area (Å²) in [6.07, 6.45) is -0.760. The van der Waals surface area contributed by atoms with Crippen molar-refractivity contribution in [3.8, 4) is 16.2 Å². The summed E-state index contributed by atoms with van der Waals surface area (Å²) in [4.78, 5) is 49.2. The van der Waals surface area contributed by atoms with Crippen LogP contribution in [0.3, 0.4) is 0 Å². The van der Waals surface area contributed by atoms with Gasteiger partial charge in [-0.05, 0) is 49.9 Å². The van der Waals surface area contributed by atoms with Crippen molar-refractivity contribution in [1.82, 2.24) is 20.1 Å². The van der Waals surface area contributed by atoms with E-state index in [-0.39, 0.29) is 49.3 Å². The molecule has 0 saturated carbocycles. The SMILES string of the molecule is Cc1ncsc1-c1ccc(CNC(=O)C2CC(O)CN2C(=O)C(C(C)C)N2Cc3ccccc3C2=O)c(OC(C)C)c1. The number of benzene rings is 2. The lowest BCUT2D eigenvalue weighted by Gasteiger charge is -2.35. The third kappa shape index (κ3) is 5.91. The Balaban J connectivity index is 1.32. The maximum Gasteiger partial charge on any atom is 0.255 e. The van der Waals surface area contributed by atoms with E-state index in [0.29, 0.717) is 17.9 Å². The van der Waals surface area contributed by atoms with Gasteiger partial charge in [-0.2, -0.15) is 0 Å². The first-order chi connectivity index (χ1) is 20.0. The quantitative estimate of drug-likeness (QED) is 0.387. The number of aromatic nitrogens is 1. The minimum Gasteiger partial charge on any atom is -0.491 e. The van der Waals surface area contributed by atoms with Crippen LogP contribution in [0.4, 0.5) is 0 Å². The number of aryl methyl sites for hydroxylation is 1. The zero-order valence-electron chi connectivity index (χ0n) is 24.7. The smallest absolute Gasteiger partial charge is 0.255 e. The van der Waals surface area contributed by atoms with E-state index < -0.39 is 18.2 Å². The van der Waals surface area contributed by atoms with Crippen LogP contribution in [0.1, 0.15) is 61.3 Å². The molecule has 222 valence electrons. The van der Waals surface area contributed by atoms with Gasteiger partial charge in [0.2, 0.25) is 11.8 Å². The number of rotatable bonds is 9. The van der Waals surface area contributed by atoms with Gasteiger partial charge < -0.3 is 25.0 Å². The van der Waals surface area contributed by atoms with E-state index in [1.54, 1.807) is 22.3 Å². The lowest BCUT2D eigenvalue weighted by atomic mass is 10.0. The Morgan fingerprint density at radius 3 is 2.60 bits per heavy atom. The third-order valence-electron chi connectivity index (χ3n) is 7.82. The van der Waals surface area contributed by atoms with Gasteiger partial charge in [0.1, 0.15) is 17.8 Å². The summed E-state index contributed by atoms with van der Waals surface area (Å²) < 4.78 is 6.10. The van der Waals surface area contributed by atoms with Crippen molar-refractivity contribution in [2.24, 2.45) is 5.92 Å². The molecule has 10 heteroatoms. The molecule has 3 unspecified atom stereocenters. The molecule has 5 rings (SSSR count). The standard InChI is InChI=1S/C32H38N4O5S/c1-18(2)28(36-15-23-8-6-7-9-25(23)31(36)39)32(40)35-16-24(37)13-26(35)30(38)33-14-22-11-10-21(12-27(22)41-19(3)4)29-20(5)34-17-42-29/h6-12,17-19,24,26,28,37H,13-16H2,1-5H3,(H,33,38). The molecule has 2 aliphatic rings. The largest absolute Gasteiger partial charge is 0.491 e. The zero-order chi connectivity index (χ0) is 30.1. The molecule has 0 aliphatic carbocycles. The number of hydrogen-bond acceptors (Lipinski definition) is 7. The average molecular weight is 591 g/mol. The summed E-state index contributed by atoms with van der Waals surface area (Å²) in [5.74, 6) is -0.379. The highest BCUT2D eigenvalue weighted by Crippen LogP contribution is 2.33. The monoisotopic (exact) mass is 590 g/mol. The van der Waals surface area contributed by atoms with E-state index in [0.717, 1.165) is 27.3 Å². The minimum absolute atomic E-state index is 0.0414. The Morgan fingerprint density at radius 1 is 1.17 bits per heavy atom. The molecule has 9 nitrogen and oxygen atoms in total. The molecule has 2 N–H and O–H groups in total. The molecule has 0 bridgehead atoms. The number of β-amino-alcohol motifs (C(OH)–C–C–N with tert-alkyl or cyclic N) is 1. The topological polar surface area (TPSA) is 112 Å². The number of aliphatic hydroxyl groups is 1. The molecule has 3 heterocycles. The Bertz CT molecular complexity index is 1490. The number of hydrogen-bond donors (Lipinski definition) is 2. The summed E-state index contributed by atoms with van der Waals surface area (Å²) in [6, 6.07) is 11.7. The number of carbonyl (C=O) groups is 3. The fourth-order valence-electron chi connectivity index (χ4n) is 5.84. The van der Waals surface area contributed by atoms with Crippen LogP contribution in [-0.4, -0.2) is 68.4 Å². The third-order valence-corrected chi connectivity index (χ3v) is 8.80. The number of thiazole rings is 1. The Labute approximate surface area is 250 Å². The number of nitrogens with zero attached hydrogens (tertiary/aromatic N) is 3. The van der Waals surface area contributed by atoms with Crippen molar-refractivity contribution in [3.63, 3.8) is 0 Å². The maximum atomic E-state index is 14.0. The number of ether oxygens (including phenoxy) is 1. The second-order valence-corrected chi connectivity index (χ2v) is 12.5. The molecular formula is C32H38N4O5S. The number of amides is 3. The van der Waals surface area contributed by atoms with Gasteiger partial charge in [0, 0.05) is 37.2 Å². The molecule has 1 saturated heterocycles. The van der Waals surface area contributed by atoms with Gasteiger partial charge in [0.05, 0.1) is 28.3 Å². The second kappa shape index (κ2) is 12.2. The van der Waals surface area contributed by atoms with Crippen LogP contribution in [-0.2, 0) is 22.7 Å². The summed E-state index contributed by atoms with van der Waals surface area (Å²) in [5, 5.41) is 13.5. The van der Waals surface area contributed by atoms with Crippen molar-refractivity contribution in [3.05, 3.63) is 70.4 Å². The predicted octanol–water partition coefficient (Wildman–Crippen LogP) is 4.16. The van der Waals surface area contributed by atoms with Crippen molar-refractivity contribution in [2.45, 2.75) is 78.4 Å². The maximum absolute atomic E-state index is 14.0. The fourth-order valence-corrected chi connectivity index (χ4v) is 6.64. The van der Waals surface area contributed by atoms with Gasteiger partial charge in [-0.25, -0.2) is 4.98 Å². The number of fused-ring (bicyclic) bond motifs is 1. The summed E-state index contributed by atoms with van der Waals surface area (Å²) in [5.41, 5.74) is 6.04. The van der Waals surface area contributed by atoms with Gasteiger partial charge in [-0.15, -0.1) is 11.3 Å². The molecule has 42 heavy (non-hydrogen) atoms. The van der Waals surface area contributed by atoms with Gasteiger partial charge >= 0.3 is 0 Å². The number of nitrogens with one attached hydrogen (secondary N) is 1. The minimum atomic E-state index is -0.845. The first kappa shape index (κ1) is 29.7. The van der Waals surface area contributed by atoms with E-state index >= 15 is 0 Å². The van der Waals surface area contributed by atoms with Crippen LogP contribution < -0.4 is 10.1 Å². The summed E-state index contributed by atoms with van der Waals surface area (Å²) >= 11 is 1.56. The van der Waals surface area contributed by atoms with Crippen molar-refractivity contribution in [1.29, 1.82) is 0 Å². The van der Waals surface area contributed by atoms with Crippen LogP contribution >= 0.6 is 11.3 Å². The molecule has 0 radical (unpaired) electrons. The van der Waals surface area contributed by atoms with Gasteiger partial charge in [0.25, 0.3) is 5.91 Å². The lowest BCUT2D eigenvalue weighted by molar-refractivity contribution is -0.143. The van der Waals surface area contributed by atoms with E-state index in [1.807, 2.05) is 76.5 Å². The second-order valence-electron chi connectivity index (χ2n) is 11.6. The van der Waals surface area contributed by atoms with Gasteiger partial charge in [-0.1, -0.05) is 44.2 Å². The lowest BCUT2D eigenvalue weighted by Crippen LogP contribution is -2.55. The molecule has 1 fully saturated rings. The van der Waals surface area contributed by atoms with E-state index in [9.17, 15) is 19.5 Å². The molecule has 3 amide bonds. The Kier molecular flexibility index (Phi) is 8.65. The molecule has 1 aromatic heterocycles.